The molecular formula is C14H19ClN2O3. The van der Waals surface area contributed by atoms with Crippen LogP contribution in [0.15, 0.2) is 33.8 Å². The SMILES string of the molecule is CCc1oc2ccccc2c1OC(C)(C)C(N)=NO.Cl. The molecule has 3 N–H and O–H groups in total. The van der Waals surface area contributed by atoms with Gasteiger partial charge in [0.1, 0.15) is 11.3 Å². The summed E-state index contributed by atoms with van der Waals surface area (Å²) in [5, 5.41) is 12.7. The quantitative estimate of drug-likeness (QED) is 0.393. The van der Waals surface area contributed by atoms with Gasteiger partial charge in [0.25, 0.3) is 0 Å². The number of amidine groups is 1. The number of aryl methyl sites for hydroxylation is 1. The first kappa shape index (κ1) is 16.2. The van der Waals surface area contributed by atoms with Gasteiger partial charge in [0.2, 0.25) is 0 Å². The van der Waals surface area contributed by atoms with Crippen molar-refractivity contribution in [1.29, 1.82) is 0 Å². The third kappa shape index (κ3) is 2.82. The molecule has 0 amide bonds. The molecule has 1 aromatic heterocycles. The minimum atomic E-state index is -0.911. The lowest BCUT2D eigenvalue weighted by Crippen LogP contribution is -2.43. The Hall–Kier alpha value is -1.88. The van der Waals surface area contributed by atoms with Crippen molar-refractivity contribution in [3.05, 3.63) is 30.0 Å². The second-order valence-corrected chi connectivity index (χ2v) is 4.80. The van der Waals surface area contributed by atoms with Crippen LogP contribution in [0.5, 0.6) is 5.75 Å². The number of hydrogen-bond donors (Lipinski definition) is 2. The van der Waals surface area contributed by atoms with Crippen LogP contribution in [0.25, 0.3) is 11.0 Å². The third-order valence-electron chi connectivity index (χ3n) is 3.02. The molecule has 6 heteroatoms. The topological polar surface area (TPSA) is 81.0 Å². The number of halogens is 1. The number of furan rings is 1. The van der Waals surface area contributed by atoms with Gasteiger partial charge in [-0.2, -0.15) is 0 Å². The van der Waals surface area contributed by atoms with E-state index in [4.69, 9.17) is 20.1 Å². The van der Waals surface area contributed by atoms with Gasteiger partial charge in [0, 0.05) is 6.42 Å². The zero-order valence-electron chi connectivity index (χ0n) is 11.7. The predicted molar refractivity (Wildman–Crippen MR) is 81.0 cm³/mol. The zero-order chi connectivity index (χ0) is 14.0. The van der Waals surface area contributed by atoms with Crippen molar-refractivity contribution in [3.63, 3.8) is 0 Å². The van der Waals surface area contributed by atoms with E-state index in [0.29, 0.717) is 12.2 Å². The fourth-order valence-corrected chi connectivity index (χ4v) is 1.84. The zero-order valence-corrected chi connectivity index (χ0v) is 12.5. The summed E-state index contributed by atoms with van der Waals surface area (Å²) < 4.78 is 11.7. The van der Waals surface area contributed by atoms with Crippen LogP contribution in [0.1, 0.15) is 26.5 Å². The maximum atomic E-state index is 8.80. The van der Waals surface area contributed by atoms with Gasteiger partial charge < -0.3 is 20.1 Å². The van der Waals surface area contributed by atoms with Crippen LogP contribution >= 0.6 is 12.4 Å². The average molecular weight is 299 g/mol. The number of hydrogen-bond acceptors (Lipinski definition) is 4. The number of nitrogens with zero attached hydrogens (tertiary/aromatic N) is 1. The minimum absolute atomic E-state index is 0. The summed E-state index contributed by atoms with van der Waals surface area (Å²) in [6, 6.07) is 7.64. The van der Waals surface area contributed by atoms with Gasteiger partial charge in [-0.1, -0.05) is 24.2 Å². The molecule has 0 unspecified atom stereocenters. The highest BCUT2D eigenvalue weighted by Gasteiger charge is 2.29. The summed E-state index contributed by atoms with van der Waals surface area (Å²) in [5.74, 6) is 1.41. The fraction of sp³-hybridized carbons (Fsp3) is 0.357. The van der Waals surface area contributed by atoms with Crippen molar-refractivity contribution in [2.45, 2.75) is 32.8 Å². The summed E-state index contributed by atoms with van der Waals surface area (Å²) >= 11 is 0. The highest BCUT2D eigenvalue weighted by Crippen LogP contribution is 2.35. The first-order chi connectivity index (χ1) is 8.99. The molecular weight excluding hydrogens is 280 g/mol. The summed E-state index contributed by atoms with van der Waals surface area (Å²) in [6.45, 7) is 5.47. The van der Waals surface area contributed by atoms with Crippen LogP contribution in [0, 0.1) is 0 Å². The van der Waals surface area contributed by atoms with E-state index in [2.05, 4.69) is 5.16 Å². The molecule has 110 valence electrons. The van der Waals surface area contributed by atoms with Gasteiger partial charge in [0.05, 0.1) is 5.39 Å². The Morgan fingerprint density at radius 2 is 2.05 bits per heavy atom. The lowest BCUT2D eigenvalue weighted by Gasteiger charge is -2.24. The predicted octanol–water partition coefficient (Wildman–Crippen LogP) is 3.32. The summed E-state index contributed by atoms with van der Waals surface area (Å²) in [5.41, 5.74) is 5.50. The number of benzene rings is 1. The first-order valence-electron chi connectivity index (χ1n) is 6.17. The molecule has 2 aromatic rings. The molecule has 1 heterocycles. The fourth-order valence-electron chi connectivity index (χ4n) is 1.84. The normalized spacial score (nSPS) is 12.2. The Labute approximate surface area is 123 Å². The molecule has 0 aliphatic heterocycles. The van der Waals surface area contributed by atoms with E-state index in [1.807, 2.05) is 31.2 Å². The van der Waals surface area contributed by atoms with Gasteiger partial charge >= 0.3 is 0 Å². The highest BCUT2D eigenvalue weighted by atomic mass is 35.5. The van der Waals surface area contributed by atoms with Crippen LogP contribution in [0.4, 0.5) is 0 Å². The second-order valence-electron chi connectivity index (χ2n) is 4.80. The molecule has 0 saturated heterocycles. The van der Waals surface area contributed by atoms with Crippen molar-refractivity contribution in [2.75, 3.05) is 0 Å². The molecule has 0 atom stereocenters. The largest absolute Gasteiger partial charge is 0.476 e. The van der Waals surface area contributed by atoms with Gasteiger partial charge in [-0.3, -0.25) is 0 Å². The standard InChI is InChI=1S/C14H18N2O3.ClH/c1-4-10-12(19-14(2,3)13(15)16-17)9-7-5-6-8-11(9)18-10;/h5-8,17H,4H2,1-3H3,(H2,15,16);1H. The Morgan fingerprint density at radius 3 is 2.65 bits per heavy atom. The van der Waals surface area contributed by atoms with E-state index in [0.717, 1.165) is 16.7 Å². The minimum Gasteiger partial charge on any atom is -0.476 e. The van der Waals surface area contributed by atoms with Gasteiger partial charge in [-0.15, -0.1) is 12.4 Å². The van der Waals surface area contributed by atoms with Crippen molar-refractivity contribution >= 4 is 29.2 Å². The molecule has 0 aliphatic carbocycles. The summed E-state index contributed by atoms with van der Waals surface area (Å²) in [7, 11) is 0. The Morgan fingerprint density at radius 1 is 1.40 bits per heavy atom. The van der Waals surface area contributed by atoms with E-state index in [1.54, 1.807) is 13.8 Å². The number of ether oxygens (including phenoxy) is 1. The monoisotopic (exact) mass is 298 g/mol. The van der Waals surface area contributed by atoms with E-state index in [-0.39, 0.29) is 18.2 Å². The van der Waals surface area contributed by atoms with E-state index in [1.165, 1.54) is 0 Å². The van der Waals surface area contributed by atoms with Gasteiger partial charge in [0.15, 0.2) is 17.2 Å². The number of rotatable bonds is 4. The Bertz CT molecular complexity index is 620. The van der Waals surface area contributed by atoms with Gasteiger partial charge in [-0.05, 0) is 26.0 Å². The summed E-state index contributed by atoms with van der Waals surface area (Å²) in [6.07, 6.45) is 0.705. The molecule has 2 rings (SSSR count). The van der Waals surface area contributed by atoms with Crippen molar-refractivity contribution in [2.24, 2.45) is 10.9 Å². The van der Waals surface area contributed by atoms with Crippen molar-refractivity contribution in [1.82, 2.24) is 0 Å². The van der Waals surface area contributed by atoms with Crippen molar-refractivity contribution in [3.8, 4) is 5.75 Å². The van der Waals surface area contributed by atoms with Gasteiger partial charge in [-0.25, -0.2) is 0 Å². The molecule has 0 radical (unpaired) electrons. The Balaban J connectivity index is 0.00000200. The maximum Gasteiger partial charge on any atom is 0.182 e. The first-order valence-corrected chi connectivity index (χ1v) is 6.17. The second kappa shape index (κ2) is 6.05. The van der Waals surface area contributed by atoms with Crippen molar-refractivity contribution < 1.29 is 14.4 Å². The molecule has 0 spiro atoms. The lowest BCUT2D eigenvalue weighted by molar-refractivity contribution is 0.171. The maximum absolute atomic E-state index is 8.80. The van der Waals surface area contributed by atoms with Crippen LogP contribution in [-0.4, -0.2) is 16.6 Å². The molecule has 0 saturated carbocycles. The lowest BCUT2D eigenvalue weighted by atomic mass is 10.1. The number of fused-ring (bicyclic) bond motifs is 1. The van der Waals surface area contributed by atoms with E-state index >= 15 is 0 Å². The van der Waals surface area contributed by atoms with E-state index < -0.39 is 5.60 Å². The van der Waals surface area contributed by atoms with Crippen LogP contribution < -0.4 is 10.5 Å². The van der Waals surface area contributed by atoms with Crippen LogP contribution in [0.2, 0.25) is 0 Å². The third-order valence-corrected chi connectivity index (χ3v) is 3.02. The smallest absolute Gasteiger partial charge is 0.182 e. The number of oxime groups is 1. The van der Waals surface area contributed by atoms with E-state index in [9.17, 15) is 0 Å². The molecule has 0 bridgehead atoms. The highest BCUT2D eigenvalue weighted by molar-refractivity contribution is 5.90. The Kier molecular flexibility index (Phi) is 4.89. The molecule has 5 nitrogen and oxygen atoms in total. The molecule has 20 heavy (non-hydrogen) atoms. The molecule has 0 fully saturated rings. The van der Waals surface area contributed by atoms with Crippen LogP contribution in [0.3, 0.4) is 0 Å². The molecule has 1 aromatic carbocycles. The average Bonchev–Trinajstić information content (AvgIpc) is 2.75. The summed E-state index contributed by atoms with van der Waals surface area (Å²) in [4.78, 5) is 0. The number of para-hydroxylation sites is 1. The molecule has 0 aliphatic rings. The van der Waals surface area contributed by atoms with Crippen LogP contribution in [-0.2, 0) is 6.42 Å². The number of nitrogens with two attached hydrogens (primary N) is 1.